The van der Waals surface area contributed by atoms with Crippen LogP contribution in [0.4, 0.5) is 13.2 Å². The second-order valence-corrected chi connectivity index (χ2v) is 6.48. The van der Waals surface area contributed by atoms with E-state index in [0.717, 1.165) is 5.56 Å². The van der Waals surface area contributed by atoms with Gasteiger partial charge < -0.3 is 4.18 Å². The van der Waals surface area contributed by atoms with E-state index in [0.29, 0.717) is 0 Å². The standard InChI is InChI=1S/C15H13F3O3S/c1-9(2)10-4-3-5-11(6-10)21-22(19,20)15-8-13(17)12(16)7-14(15)18/h3-9H,1-2H3. The van der Waals surface area contributed by atoms with Gasteiger partial charge in [0.1, 0.15) is 16.5 Å². The zero-order valence-electron chi connectivity index (χ0n) is 11.8. The highest BCUT2D eigenvalue weighted by Crippen LogP contribution is 2.25. The highest BCUT2D eigenvalue weighted by molar-refractivity contribution is 7.87. The minimum atomic E-state index is -4.61. The SMILES string of the molecule is CC(C)c1cccc(OS(=O)(=O)c2cc(F)c(F)cc2F)c1. The lowest BCUT2D eigenvalue weighted by atomic mass is 10.0. The van der Waals surface area contributed by atoms with Gasteiger partial charge in [0.15, 0.2) is 11.6 Å². The Balaban J connectivity index is 2.40. The van der Waals surface area contributed by atoms with Crippen LogP contribution in [0.1, 0.15) is 25.3 Å². The lowest BCUT2D eigenvalue weighted by Crippen LogP contribution is -2.13. The molecule has 0 bridgehead atoms. The number of benzene rings is 2. The smallest absolute Gasteiger partial charge is 0.342 e. The Morgan fingerprint density at radius 2 is 1.59 bits per heavy atom. The molecule has 0 aliphatic heterocycles. The summed E-state index contributed by atoms with van der Waals surface area (Å²) in [7, 11) is -4.61. The second-order valence-electron chi connectivity index (χ2n) is 4.96. The van der Waals surface area contributed by atoms with Gasteiger partial charge in [-0.05, 0) is 23.6 Å². The van der Waals surface area contributed by atoms with E-state index in [-0.39, 0.29) is 23.8 Å². The van der Waals surface area contributed by atoms with Crippen molar-refractivity contribution in [2.45, 2.75) is 24.7 Å². The van der Waals surface area contributed by atoms with Crippen LogP contribution >= 0.6 is 0 Å². The van der Waals surface area contributed by atoms with E-state index in [9.17, 15) is 21.6 Å². The van der Waals surface area contributed by atoms with Crippen molar-refractivity contribution in [2.75, 3.05) is 0 Å². The molecule has 3 nitrogen and oxygen atoms in total. The molecule has 0 radical (unpaired) electrons. The first-order valence-electron chi connectivity index (χ1n) is 6.39. The van der Waals surface area contributed by atoms with Crippen molar-refractivity contribution in [2.24, 2.45) is 0 Å². The molecule has 0 aliphatic rings. The fourth-order valence-electron chi connectivity index (χ4n) is 1.79. The molecule has 22 heavy (non-hydrogen) atoms. The monoisotopic (exact) mass is 330 g/mol. The summed E-state index contributed by atoms with van der Waals surface area (Å²) in [5, 5.41) is 0. The van der Waals surface area contributed by atoms with Crippen LogP contribution in [0.2, 0.25) is 0 Å². The maximum atomic E-state index is 13.6. The molecule has 0 aromatic heterocycles. The van der Waals surface area contributed by atoms with Crippen LogP contribution < -0.4 is 4.18 Å². The minimum absolute atomic E-state index is 0.0321. The van der Waals surface area contributed by atoms with Crippen molar-refractivity contribution < 1.29 is 25.8 Å². The lowest BCUT2D eigenvalue weighted by Gasteiger charge is -2.11. The van der Waals surface area contributed by atoms with E-state index < -0.39 is 32.5 Å². The third-order valence-electron chi connectivity index (χ3n) is 2.97. The van der Waals surface area contributed by atoms with Crippen LogP contribution in [0.25, 0.3) is 0 Å². The lowest BCUT2D eigenvalue weighted by molar-refractivity contribution is 0.459. The van der Waals surface area contributed by atoms with Crippen molar-refractivity contribution in [1.82, 2.24) is 0 Å². The highest BCUT2D eigenvalue weighted by atomic mass is 32.2. The van der Waals surface area contributed by atoms with Crippen LogP contribution in [0.15, 0.2) is 41.3 Å². The molecule has 0 aliphatic carbocycles. The van der Waals surface area contributed by atoms with Crippen LogP contribution in [0.3, 0.4) is 0 Å². The second kappa shape index (κ2) is 6.00. The van der Waals surface area contributed by atoms with Gasteiger partial charge in [0.05, 0.1) is 0 Å². The fourth-order valence-corrected chi connectivity index (χ4v) is 2.79. The summed E-state index contributed by atoms with van der Waals surface area (Å²) < 4.78 is 68.4. The quantitative estimate of drug-likeness (QED) is 0.629. The van der Waals surface area contributed by atoms with Crippen LogP contribution in [-0.4, -0.2) is 8.42 Å². The number of hydrogen-bond donors (Lipinski definition) is 0. The topological polar surface area (TPSA) is 43.4 Å². The summed E-state index contributed by atoms with van der Waals surface area (Å²) in [6, 6.07) is 6.65. The highest BCUT2D eigenvalue weighted by Gasteiger charge is 2.24. The molecule has 0 N–H and O–H groups in total. The Bertz CT molecular complexity index is 802. The Hall–Kier alpha value is -2.02. The molecule has 2 rings (SSSR count). The Kier molecular flexibility index (Phi) is 4.46. The molecule has 0 amide bonds. The van der Waals surface area contributed by atoms with Crippen molar-refractivity contribution in [3.05, 3.63) is 59.4 Å². The molecule has 2 aromatic carbocycles. The molecule has 0 fully saturated rings. The summed E-state index contributed by atoms with van der Waals surface area (Å²) >= 11 is 0. The summed E-state index contributed by atoms with van der Waals surface area (Å²) in [4.78, 5) is -1.05. The average molecular weight is 330 g/mol. The maximum absolute atomic E-state index is 13.6. The fraction of sp³-hybridized carbons (Fsp3) is 0.200. The summed E-state index contributed by atoms with van der Waals surface area (Å²) in [5.41, 5.74) is 0.818. The van der Waals surface area contributed by atoms with Gasteiger partial charge in [0, 0.05) is 12.1 Å². The summed E-state index contributed by atoms with van der Waals surface area (Å²) in [6.07, 6.45) is 0. The van der Waals surface area contributed by atoms with Crippen LogP contribution in [0, 0.1) is 17.5 Å². The first-order chi connectivity index (χ1) is 10.2. The van der Waals surface area contributed by atoms with Gasteiger partial charge in [-0.1, -0.05) is 26.0 Å². The van der Waals surface area contributed by atoms with Crippen LogP contribution in [0.5, 0.6) is 5.75 Å². The Labute approximate surface area is 126 Å². The first kappa shape index (κ1) is 16.4. The molecule has 0 heterocycles. The van der Waals surface area contributed by atoms with Crippen molar-refractivity contribution in [3.8, 4) is 5.75 Å². The molecule has 2 aromatic rings. The summed E-state index contributed by atoms with van der Waals surface area (Å²) in [6.45, 7) is 3.81. The normalized spacial score (nSPS) is 11.7. The van der Waals surface area contributed by atoms with Gasteiger partial charge >= 0.3 is 10.1 Å². The Morgan fingerprint density at radius 1 is 0.955 bits per heavy atom. The molecule has 0 saturated heterocycles. The van der Waals surface area contributed by atoms with E-state index >= 15 is 0 Å². The zero-order valence-corrected chi connectivity index (χ0v) is 12.6. The van der Waals surface area contributed by atoms with Gasteiger partial charge in [-0.15, -0.1) is 0 Å². The largest absolute Gasteiger partial charge is 0.379 e. The van der Waals surface area contributed by atoms with E-state index in [1.165, 1.54) is 12.1 Å². The molecule has 118 valence electrons. The number of rotatable bonds is 4. The molecular weight excluding hydrogens is 317 g/mol. The van der Waals surface area contributed by atoms with Crippen LogP contribution in [-0.2, 0) is 10.1 Å². The Morgan fingerprint density at radius 3 is 2.23 bits per heavy atom. The van der Waals surface area contributed by atoms with E-state index in [2.05, 4.69) is 0 Å². The molecular formula is C15H13F3O3S. The van der Waals surface area contributed by atoms with Crippen molar-refractivity contribution in [1.29, 1.82) is 0 Å². The van der Waals surface area contributed by atoms with E-state index in [1.807, 2.05) is 13.8 Å². The third-order valence-corrected chi connectivity index (χ3v) is 4.24. The van der Waals surface area contributed by atoms with Gasteiger partial charge in [0.25, 0.3) is 0 Å². The number of hydrogen-bond acceptors (Lipinski definition) is 3. The molecule has 7 heteroatoms. The van der Waals surface area contributed by atoms with Gasteiger partial charge in [-0.25, -0.2) is 13.2 Å². The maximum Gasteiger partial charge on any atom is 0.342 e. The predicted molar refractivity (Wildman–Crippen MR) is 74.7 cm³/mol. The minimum Gasteiger partial charge on any atom is -0.379 e. The van der Waals surface area contributed by atoms with Crippen molar-refractivity contribution in [3.63, 3.8) is 0 Å². The van der Waals surface area contributed by atoms with Crippen molar-refractivity contribution >= 4 is 10.1 Å². The average Bonchev–Trinajstić information content (AvgIpc) is 2.42. The molecule has 0 unspecified atom stereocenters. The summed E-state index contributed by atoms with van der Waals surface area (Å²) in [5.74, 6) is -4.27. The predicted octanol–water partition coefficient (Wildman–Crippen LogP) is 4.00. The van der Waals surface area contributed by atoms with E-state index in [4.69, 9.17) is 4.18 Å². The zero-order chi connectivity index (χ0) is 16.5. The molecule has 0 spiro atoms. The van der Waals surface area contributed by atoms with Gasteiger partial charge in [0.2, 0.25) is 0 Å². The van der Waals surface area contributed by atoms with E-state index in [1.54, 1.807) is 12.1 Å². The number of halogens is 3. The van der Waals surface area contributed by atoms with Gasteiger partial charge in [-0.3, -0.25) is 0 Å². The molecule has 0 saturated carbocycles. The van der Waals surface area contributed by atoms with Gasteiger partial charge in [-0.2, -0.15) is 8.42 Å². The third kappa shape index (κ3) is 3.41. The first-order valence-corrected chi connectivity index (χ1v) is 7.80. The molecule has 0 atom stereocenters.